The van der Waals surface area contributed by atoms with Crippen LogP contribution in [0.4, 0.5) is 5.69 Å². The Morgan fingerprint density at radius 2 is 1.72 bits per heavy atom. The zero-order valence-electron chi connectivity index (χ0n) is 17.5. The van der Waals surface area contributed by atoms with Crippen LogP contribution in [0.5, 0.6) is 0 Å². The maximum absolute atomic E-state index is 12.8. The normalized spacial score (nSPS) is 14.5. The van der Waals surface area contributed by atoms with E-state index in [1.807, 2.05) is 44.3 Å². The van der Waals surface area contributed by atoms with Crippen molar-refractivity contribution >= 4 is 21.6 Å². The SMILES string of the molecule is Cc1cc(C)c(S(=O)(=O)NCCC(=O)N2CCN(C)c3ccccc3C2)c(C)c1. The van der Waals surface area contributed by atoms with Crippen molar-refractivity contribution in [3.05, 3.63) is 58.7 Å². The molecule has 0 atom stereocenters. The Morgan fingerprint density at radius 1 is 1.07 bits per heavy atom. The van der Waals surface area contributed by atoms with Gasteiger partial charge in [0.15, 0.2) is 0 Å². The summed E-state index contributed by atoms with van der Waals surface area (Å²) in [5.41, 5.74) is 4.70. The molecule has 0 fully saturated rings. The Morgan fingerprint density at radius 3 is 2.41 bits per heavy atom. The average molecular weight is 416 g/mol. The third-order valence-electron chi connectivity index (χ3n) is 5.33. The highest BCUT2D eigenvalue weighted by Gasteiger charge is 2.23. The largest absolute Gasteiger partial charge is 0.373 e. The number of benzene rings is 2. The maximum Gasteiger partial charge on any atom is 0.241 e. The van der Waals surface area contributed by atoms with E-state index in [2.05, 4.69) is 15.7 Å². The van der Waals surface area contributed by atoms with Gasteiger partial charge < -0.3 is 9.80 Å². The lowest BCUT2D eigenvalue weighted by atomic mass is 10.1. The Labute approximate surface area is 173 Å². The van der Waals surface area contributed by atoms with Crippen molar-refractivity contribution in [2.24, 2.45) is 0 Å². The van der Waals surface area contributed by atoms with E-state index in [1.165, 1.54) is 0 Å². The van der Waals surface area contributed by atoms with E-state index in [1.54, 1.807) is 18.7 Å². The summed E-state index contributed by atoms with van der Waals surface area (Å²) in [6.07, 6.45) is 0.134. The van der Waals surface area contributed by atoms with Gasteiger partial charge in [0.05, 0.1) is 4.90 Å². The van der Waals surface area contributed by atoms with Gasteiger partial charge in [-0.1, -0.05) is 35.9 Å². The topological polar surface area (TPSA) is 69.7 Å². The van der Waals surface area contributed by atoms with Crippen molar-refractivity contribution in [2.75, 3.05) is 31.6 Å². The Bertz CT molecular complexity index is 995. The van der Waals surface area contributed by atoms with Crippen LogP contribution >= 0.6 is 0 Å². The molecule has 0 saturated carbocycles. The third kappa shape index (κ3) is 4.79. The van der Waals surface area contributed by atoms with Gasteiger partial charge in [-0.3, -0.25) is 4.79 Å². The summed E-state index contributed by atoms with van der Waals surface area (Å²) in [4.78, 5) is 17.0. The molecule has 1 aliphatic heterocycles. The number of nitrogens with one attached hydrogen (secondary N) is 1. The number of anilines is 1. The molecule has 6 nitrogen and oxygen atoms in total. The highest BCUT2D eigenvalue weighted by atomic mass is 32.2. The number of likely N-dealkylation sites (N-methyl/N-ethyl adjacent to an activating group) is 1. The molecular weight excluding hydrogens is 386 g/mol. The van der Waals surface area contributed by atoms with Gasteiger partial charge >= 0.3 is 0 Å². The van der Waals surface area contributed by atoms with E-state index in [-0.39, 0.29) is 18.9 Å². The number of rotatable bonds is 5. The number of amides is 1. The van der Waals surface area contributed by atoms with Gasteiger partial charge in [0.25, 0.3) is 0 Å². The molecule has 0 radical (unpaired) electrons. The zero-order chi connectivity index (χ0) is 21.2. The second kappa shape index (κ2) is 8.55. The second-order valence-electron chi connectivity index (χ2n) is 7.74. The molecule has 2 aromatic rings. The summed E-state index contributed by atoms with van der Waals surface area (Å²) in [5, 5.41) is 0. The van der Waals surface area contributed by atoms with Crippen molar-refractivity contribution in [2.45, 2.75) is 38.6 Å². The molecule has 1 heterocycles. The average Bonchev–Trinajstić information content (AvgIpc) is 2.80. The Hall–Kier alpha value is -2.38. The standard InChI is InChI=1S/C22H29N3O3S/c1-16-13-17(2)22(18(3)14-16)29(27,28)23-10-9-21(26)25-12-11-24(4)20-8-6-5-7-19(20)15-25/h5-8,13-14,23H,9-12,15H2,1-4H3. The third-order valence-corrected chi connectivity index (χ3v) is 7.09. The van der Waals surface area contributed by atoms with Crippen molar-refractivity contribution in [1.82, 2.24) is 9.62 Å². The first-order chi connectivity index (χ1) is 13.7. The van der Waals surface area contributed by atoms with Gasteiger partial charge in [0, 0.05) is 45.3 Å². The van der Waals surface area contributed by atoms with Gasteiger partial charge in [0.1, 0.15) is 0 Å². The zero-order valence-corrected chi connectivity index (χ0v) is 18.3. The number of fused-ring (bicyclic) bond motifs is 1. The first-order valence-electron chi connectivity index (χ1n) is 9.83. The molecule has 0 aromatic heterocycles. The number of nitrogens with zero attached hydrogens (tertiary/aromatic N) is 2. The molecule has 0 aliphatic carbocycles. The predicted octanol–water partition coefficient (Wildman–Crippen LogP) is 2.76. The summed E-state index contributed by atoms with van der Waals surface area (Å²) in [5.74, 6) is -0.0462. The minimum atomic E-state index is -3.66. The lowest BCUT2D eigenvalue weighted by molar-refractivity contribution is -0.131. The molecule has 0 bridgehead atoms. The summed E-state index contributed by atoms with van der Waals surface area (Å²) < 4.78 is 28.1. The van der Waals surface area contributed by atoms with E-state index < -0.39 is 10.0 Å². The maximum atomic E-state index is 12.8. The molecule has 7 heteroatoms. The van der Waals surface area contributed by atoms with Crippen LogP contribution in [-0.2, 0) is 21.4 Å². The molecule has 1 aliphatic rings. The van der Waals surface area contributed by atoms with Gasteiger partial charge in [-0.15, -0.1) is 0 Å². The number of hydrogen-bond acceptors (Lipinski definition) is 4. The number of para-hydroxylation sites is 1. The number of carbonyl (C=O) groups excluding carboxylic acids is 1. The van der Waals surface area contributed by atoms with E-state index in [9.17, 15) is 13.2 Å². The molecule has 0 unspecified atom stereocenters. The van der Waals surface area contributed by atoms with E-state index in [0.717, 1.165) is 23.4 Å². The number of sulfonamides is 1. The first-order valence-corrected chi connectivity index (χ1v) is 11.3. The smallest absolute Gasteiger partial charge is 0.241 e. The van der Waals surface area contributed by atoms with Gasteiger partial charge in [-0.2, -0.15) is 0 Å². The quantitative estimate of drug-likeness (QED) is 0.815. The van der Waals surface area contributed by atoms with Crippen molar-refractivity contribution in [3.63, 3.8) is 0 Å². The van der Waals surface area contributed by atoms with Crippen molar-refractivity contribution in [3.8, 4) is 0 Å². The Kier molecular flexibility index (Phi) is 6.29. The van der Waals surface area contributed by atoms with Crippen molar-refractivity contribution in [1.29, 1.82) is 0 Å². The predicted molar refractivity (Wildman–Crippen MR) is 116 cm³/mol. The van der Waals surface area contributed by atoms with Crippen molar-refractivity contribution < 1.29 is 13.2 Å². The summed E-state index contributed by atoms with van der Waals surface area (Å²) in [6.45, 7) is 7.53. The fourth-order valence-corrected chi connectivity index (χ4v) is 5.50. The van der Waals surface area contributed by atoms with Crippen LogP contribution in [0.3, 0.4) is 0 Å². The van der Waals surface area contributed by atoms with Crippen LogP contribution in [0.2, 0.25) is 0 Å². The molecule has 29 heavy (non-hydrogen) atoms. The number of hydrogen-bond donors (Lipinski definition) is 1. The van der Waals surface area contributed by atoms with Gasteiger partial charge in [0.2, 0.25) is 15.9 Å². The number of aryl methyl sites for hydroxylation is 3. The minimum Gasteiger partial charge on any atom is -0.373 e. The van der Waals surface area contributed by atoms with Crippen LogP contribution in [0.15, 0.2) is 41.3 Å². The summed E-state index contributed by atoms with van der Waals surface area (Å²) in [6, 6.07) is 11.8. The number of carbonyl (C=O) groups is 1. The van der Waals surface area contributed by atoms with Gasteiger partial charge in [-0.25, -0.2) is 13.1 Å². The van der Waals surface area contributed by atoms with Gasteiger partial charge in [-0.05, 0) is 43.5 Å². The summed E-state index contributed by atoms with van der Waals surface area (Å²) in [7, 11) is -1.64. The lowest BCUT2D eigenvalue weighted by Gasteiger charge is -2.21. The molecular formula is C22H29N3O3S. The van der Waals surface area contributed by atoms with Crippen LogP contribution in [0, 0.1) is 20.8 Å². The monoisotopic (exact) mass is 415 g/mol. The van der Waals surface area contributed by atoms with Crippen LogP contribution in [-0.4, -0.2) is 45.9 Å². The fourth-order valence-electron chi connectivity index (χ4n) is 4.02. The van der Waals surface area contributed by atoms with E-state index in [4.69, 9.17) is 0 Å². The van der Waals surface area contributed by atoms with E-state index in [0.29, 0.717) is 29.1 Å². The molecule has 0 spiro atoms. The first kappa shape index (κ1) is 21.3. The highest BCUT2D eigenvalue weighted by Crippen LogP contribution is 2.24. The van der Waals surface area contributed by atoms with Crippen LogP contribution in [0.1, 0.15) is 28.7 Å². The van der Waals surface area contributed by atoms with E-state index >= 15 is 0 Å². The van der Waals surface area contributed by atoms with Crippen LogP contribution in [0.25, 0.3) is 0 Å². The minimum absolute atomic E-state index is 0.0462. The molecule has 0 saturated heterocycles. The molecule has 1 amide bonds. The highest BCUT2D eigenvalue weighted by molar-refractivity contribution is 7.89. The molecule has 2 aromatic carbocycles. The Balaban J connectivity index is 1.64. The summed E-state index contributed by atoms with van der Waals surface area (Å²) >= 11 is 0. The molecule has 1 N–H and O–H groups in total. The molecule has 3 rings (SSSR count). The lowest BCUT2D eigenvalue weighted by Crippen LogP contribution is -2.36. The molecule has 156 valence electrons. The second-order valence-corrected chi connectivity index (χ2v) is 9.44. The van der Waals surface area contributed by atoms with Crippen LogP contribution < -0.4 is 9.62 Å². The fraction of sp³-hybridized carbons (Fsp3) is 0.409.